The number of nitrogens with one attached hydrogen (secondary N) is 1. The number of fused-ring (bicyclic) bond motifs is 2. The maximum Gasteiger partial charge on any atom is 0.142 e. The van der Waals surface area contributed by atoms with Gasteiger partial charge >= 0.3 is 0 Å². The van der Waals surface area contributed by atoms with E-state index in [1.165, 1.54) is 64.6 Å². The second-order valence-electron chi connectivity index (χ2n) is 19.7. The van der Waals surface area contributed by atoms with Gasteiger partial charge in [-0.25, -0.2) is 0 Å². The Labute approximate surface area is 356 Å². The van der Waals surface area contributed by atoms with Crippen molar-refractivity contribution in [3.8, 4) is 28.4 Å². The molecule has 7 nitrogen and oxygen atoms in total. The van der Waals surface area contributed by atoms with Crippen molar-refractivity contribution in [1.82, 2.24) is 10.2 Å². The van der Waals surface area contributed by atoms with Gasteiger partial charge in [-0.15, -0.1) is 0 Å². The zero-order valence-corrected chi connectivity index (χ0v) is 36.0. The number of unbranched alkanes of at least 4 members (excludes halogenated alkanes) is 1. The van der Waals surface area contributed by atoms with Crippen molar-refractivity contribution >= 4 is 11.6 Å². The first-order valence-corrected chi connectivity index (χ1v) is 23.2. The van der Waals surface area contributed by atoms with Crippen LogP contribution >= 0.6 is 11.6 Å². The summed E-state index contributed by atoms with van der Waals surface area (Å²) >= 11 is 7.09. The molecule has 3 aromatic rings. The summed E-state index contributed by atoms with van der Waals surface area (Å²) in [5, 5.41) is 24.7. The van der Waals surface area contributed by atoms with E-state index < -0.39 is 0 Å². The predicted octanol–water partition coefficient (Wildman–Crippen LogP) is 9.93. The van der Waals surface area contributed by atoms with E-state index in [-0.39, 0.29) is 18.3 Å². The molecule has 2 aliphatic heterocycles. The molecule has 10 rings (SSSR count). The SMILES string of the molecule is CC1=CN(C)CC(COc2cc(O[C@H]3CCc4c(-c5cccc(OCCCCC6C7CC8(CC(O)C8)CC67)c5C)cccc43)c(Cl)cc2CC2NC2[C@@H]2CCC[C@H]2O)=C1. The van der Waals surface area contributed by atoms with Gasteiger partial charge in [-0.1, -0.05) is 54.4 Å². The fraction of sp³-hybridized carbons (Fsp3) is 0.569. The van der Waals surface area contributed by atoms with Crippen LogP contribution in [0.4, 0.5) is 0 Å². The van der Waals surface area contributed by atoms with Gasteiger partial charge in [-0.05, 0) is 171 Å². The van der Waals surface area contributed by atoms with E-state index >= 15 is 0 Å². The van der Waals surface area contributed by atoms with Crippen molar-refractivity contribution in [3.63, 3.8) is 0 Å². The lowest BCUT2D eigenvalue weighted by Crippen LogP contribution is -2.40. The van der Waals surface area contributed by atoms with Crippen LogP contribution < -0.4 is 19.5 Å². The van der Waals surface area contributed by atoms with Gasteiger partial charge in [0, 0.05) is 43.9 Å². The predicted molar refractivity (Wildman–Crippen MR) is 234 cm³/mol. The lowest BCUT2D eigenvalue weighted by Gasteiger charge is -2.44. The lowest BCUT2D eigenvalue weighted by molar-refractivity contribution is -0.0379. The molecule has 5 fully saturated rings. The molecule has 0 amide bonds. The minimum absolute atomic E-state index is 0.0234. The van der Waals surface area contributed by atoms with Gasteiger partial charge in [0.1, 0.15) is 30.0 Å². The third-order valence-corrected chi connectivity index (χ3v) is 15.7. The fourth-order valence-corrected chi connectivity index (χ4v) is 12.8. The Balaban J connectivity index is 0.799. The maximum absolute atomic E-state index is 10.6. The second-order valence-corrected chi connectivity index (χ2v) is 20.1. The highest BCUT2D eigenvalue weighted by Gasteiger charge is 2.63. The van der Waals surface area contributed by atoms with Crippen LogP contribution in [0.3, 0.4) is 0 Å². The standard InChI is InChI=1S/C51H63ClN2O5/c1-30-19-32(28-54(3)27-30)29-58-48-22-49(43(52)20-33(48)21-44-50(53-44)40-13-7-14-45(40)56)59-47-17-16-38-36(11-6-12-39(38)47)35-10-8-15-46(31(35)2)57-18-5-4-9-37-41-25-51(26-42(37)41)23-34(55)24-51/h6,8,10-12,15,19-20,22,27,34,37,40-42,44-45,47,50,53,55-56H,4-5,7,9,13-14,16-18,21,23-26,28-29H2,1-3H3/t34?,37?,40-,41?,42?,44?,45-,47+,50?,51?/m1/s1. The molecule has 3 aromatic carbocycles. The molecule has 7 atom stereocenters. The fourth-order valence-electron chi connectivity index (χ4n) is 12.5. The van der Waals surface area contributed by atoms with Crippen molar-refractivity contribution in [2.24, 2.45) is 29.1 Å². The van der Waals surface area contributed by atoms with Crippen LogP contribution in [-0.4, -0.2) is 66.2 Å². The summed E-state index contributed by atoms with van der Waals surface area (Å²) in [6.45, 7) is 6.41. The Morgan fingerprint density at radius 3 is 2.47 bits per heavy atom. The molecule has 1 saturated heterocycles. The number of likely N-dealkylation sites (N-methyl/N-ethyl adjacent to an activating group) is 1. The number of benzene rings is 3. The van der Waals surface area contributed by atoms with Gasteiger partial charge in [0.05, 0.1) is 23.8 Å². The lowest BCUT2D eigenvalue weighted by atomic mass is 9.63. The van der Waals surface area contributed by atoms with Crippen LogP contribution in [-0.2, 0) is 12.8 Å². The third kappa shape index (κ3) is 8.07. The normalized spacial score (nSPS) is 32.6. The number of rotatable bonds is 15. The Morgan fingerprint density at radius 1 is 0.881 bits per heavy atom. The Morgan fingerprint density at radius 2 is 1.69 bits per heavy atom. The molecule has 1 spiro atoms. The number of allylic oxidation sites excluding steroid dienone is 2. The minimum atomic E-state index is -0.208. The summed E-state index contributed by atoms with van der Waals surface area (Å²) in [6, 6.07) is 17.8. The molecule has 59 heavy (non-hydrogen) atoms. The van der Waals surface area contributed by atoms with Crippen molar-refractivity contribution in [2.75, 3.05) is 26.8 Å². The first kappa shape index (κ1) is 39.6. The molecule has 0 bridgehead atoms. The number of halogens is 1. The van der Waals surface area contributed by atoms with Crippen molar-refractivity contribution in [1.29, 1.82) is 0 Å². The van der Waals surface area contributed by atoms with E-state index in [2.05, 4.69) is 85.9 Å². The number of hydrogen-bond donors (Lipinski definition) is 3. The average molecular weight is 820 g/mol. The quantitative estimate of drug-likeness (QED) is 0.104. The van der Waals surface area contributed by atoms with E-state index in [1.54, 1.807) is 0 Å². The highest BCUT2D eigenvalue weighted by molar-refractivity contribution is 6.32. The molecule has 314 valence electrons. The Hall–Kier alpha value is -3.49. The highest BCUT2D eigenvalue weighted by atomic mass is 35.5. The highest BCUT2D eigenvalue weighted by Crippen LogP contribution is 2.70. The molecule has 7 aliphatic rings. The van der Waals surface area contributed by atoms with Crippen molar-refractivity contribution in [2.45, 2.75) is 128 Å². The summed E-state index contributed by atoms with van der Waals surface area (Å²) < 4.78 is 19.9. The zero-order chi connectivity index (χ0) is 40.4. The first-order chi connectivity index (χ1) is 28.6. The van der Waals surface area contributed by atoms with E-state index in [0.29, 0.717) is 40.8 Å². The number of hydrogen-bond acceptors (Lipinski definition) is 7. The van der Waals surface area contributed by atoms with Crippen LogP contribution in [0, 0.1) is 36.0 Å². The van der Waals surface area contributed by atoms with Crippen LogP contribution in [0.5, 0.6) is 17.2 Å². The van der Waals surface area contributed by atoms with Gasteiger partial charge < -0.3 is 34.6 Å². The van der Waals surface area contributed by atoms with E-state index in [4.69, 9.17) is 25.8 Å². The van der Waals surface area contributed by atoms with Crippen LogP contribution in [0.15, 0.2) is 72.0 Å². The molecule has 4 saturated carbocycles. The maximum atomic E-state index is 10.6. The molecule has 2 heterocycles. The smallest absolute Gasteiger partial charge is 0.142 e. The van der Waals surface area contributed by atoms with E-state index in [0.717, 1.165) is 106 Å². The van der Waals surface area contributed by atoms with Crippen LogP contribution in [0.25, 0.3) is 11.1 Å². The summed E-state index contributed by atoms with van der Waals surface area (Å²) in [6.07, 6.45) is 18.3. The average Bonchev–Trinajstić information content (AvgIpc) is 3.84. The summed E-state index contributed by atoms with van der Waals surface area (Å²) in [4.78, 5) is 2.20. The summed E-state index contributed by atoms with van der Waals surface area (Å²) in [5.74, 6) is 5.57. The molecular weight excluding hydrogens is 756 g/mol. The molecular formula is C51H63ClN2O5. The van der Waals surface area contributed by atoms with Crippen molar-refractivity contribution in [3.05, 3.63) is 99.2 Å². The molecule has 4 unspecified atom stereocenters. The molecule has 3 N–H and O–H groups in total. The molecule has 8 heteroatoms. The number of aliphatic hydroxyl groups excluding tert-OH is 2. The monoisotopic (exact) mass is 818 g/mol. The first-order valence-electron chi connectivity index (χ1n) is 22.8. The van der Waals surface area contributed by atoms with E-state index in [1.807, 2.05) is 6.07 Å². The minimum Gasteiger partial charge on any atom is -0.493 e. The number of aliphatic hydroxyl groups is 2. The van der Waals surface area contributed by atoms with Gasteiger partial charge in [0.25, 0.3) is 0 Å². The van der Waals surface area contributed by atoms with Crippen LogP contribution in [0.1, 0.15) is 106 Å². The molecule has 0 radical (unpaired) electrons. The zero-order valence-electron chi connectivity index (χ0n) is 35.2. The number of nitrogens with zero attached hydrogens (tertiary/aromatic N) is 1. The molecule has 5 aliphatic carbocycles. The third-order valence-electron chi connectivity index (χ3n) is 15.4. The second kappa shape index (κ2) is 16.1. The number of ether oxygens (including phenoxy) is 3. The van der Waals surface area contributed by atoms with Gasteiger partial charge in [-0.2, -0.15) is 0 Å². The van der Waals surface area contributed by atoms with E-state index in [9.17, 15) is 10.2 Å². The van der Waals surface area contributed by atoms with Crippen LogP contribution in [0.2, 0.25) is 5.02 Å². The largest absolute Gasteiger partial charge is 0.493 e. The summed E-state index contributed by atoms with van der Waals surface area (Å²) in [5.41, 5.74) is 10.3. The Bertz CT molecular complexity index is 2110. The van der Waals surface area contributed by atoms with Gasteiger partial charge in [0.2, 0.25) is 0 Å². The van der Waals surface area contributed by atoms with Gasteiger partial charge in [0.15, 0.2) is 0 Å². The Kier molecular flexibility index (Phi) is 10.8. The van der Waals surface area contributed by atoms with Gasteiger partial charge in [-0.3, -0.25) is 0 Å². The molecule has 0 aromatic heterocycles. The topological polar surface area (TPSA) is 93.3 Å². The van der Waals surface area contributed by atoms with Crippen molar-refractivity contribution < 1.29 is 24.4 Å². The summed E-state index contributed by atoms with van der Waals surface area (Å²) in [7, 11) is 2.10.